The van der Waals surface area contributed by atoms with Gasteiger partial charge in [-0.1, -0.05) is 67.2 Å². The zero-order valence-electron chi connectivity index (χ0n) is 20.2. The van der Waals surface area contributed by atoms with E-state index in [0.29, 0.717) is 12.1 Å². The third-order valence-electron chi connectivity index (χ3n) is 5.42. The van der Waals surface area contributed by atoms with E-state index in [-0.39, 0.29) is 39.6 Å². The molecule has 2 rings (SSSR count). The average Bonchev–Trinajstić information content (AvgIpc) is 2.80. The van der Waals surface area contributed by atoms with E-state index in [0.717, 1.165) is 23.4 Å². The molecular formula is C24H29Cl3FN3O4S. The van der Waals surface area contributed by atoms with Crippen LogP contribution in [0.25, 0.3) is 0 Å². The number of halogens is 4. The molecule has 1 N–H and O–H groups in total. The highest BCUT2D eigenvalue weighted by Crippen LogP contribution is 2.35. The molecule has 0 fully saturated rings. The van der Waals surface area contributed by atoms with E-state index >= 15 is 0 Å². The second-order valence-electron chi connectivity index (χ2n) is 8.20. The van der Waals surface area contributed by atoms with Gasteiger partial charge in [0.2, 0.25) is 21.8 Å². The minimum atomic E-state index is -4.00. The van der Waals surface area contributed by atoms with E-state index in [1.807, 2.05) is 6.92 Å². The standard InChI is InChI=1S/C24H29Cl3FN3O4S/c1-4-6-11-29-24(33)21(5-2)30(14-16-7-9-17(28)10-8-16)23(32)15-31(36(3,34)35)22-13-19(26)18(25)12-20(22)27/h7-10,12-13,21H,4-6,11,14-15H2,1-3H3,(H,29,33)/t21-/m0/s1. The van der Waals surface area contributed by atoms with E-state index in [1.165, 1.54) is 41.3 Å². The molecule has 0 saturated carbocycles. The van der Waals surface area contributed by atoms with Crippen molar-refractivity contribution in [2.45, 2.75) is 45.7 Å². The maximum Gasteiger partial charge on any atom is 0.244 e. The molecular weight excluding hydrogens is 552 g/mol. The van der Waals surface area contributed by atoms with Crippen LogP contribution in [0.5, 0.6) is 0 Å². The van der Waals surface area contributed by atoms with Crippen LogP contribution >= 0.6 is 34.8 Å². The molecule has 1 atom stereocenters. The van der Waals surface area contributed by atoms with Crippen molar-refractivity contribution >= 4 is 62.3 Å². The van der Waals surface area contributed by atoms with E-state index in [2.05, 4.69) is 5.32 Å². The van der Waals surface area contributed by atoms with Gasteiger partial charge in [-0.05, 0) is 42.7 Å². The fourth-order valence-electron chi connectivity index (χ4n) is 3.51. The van der Waals surface area contributed by atoms with Gasteiger partial charge in [0.15, 0.2) is 0 Å². The van der Waals surface area contributed by atoms with Gasteiger partial charge >= 0.3 is 0 Å². The number of nitrogens with zero attached hydrogens (tertiary/aromatic N) is 2. The summed E-state index contributed by atoms with van der Waals surface area (Å²) in [6.07, 6.45) is 2.85. The Morgan fingerprint density at radius 3 is 2.19 bits per heavy atom. The molecule has 0 aromatic heterocycles. The molecule has 0 aliphatic heterocycles. The van der Waals surface area contributed by atoms with Crippen LogP contribution in [0.4, 0.5) is 10.1 Å². The fraction of sp³-hybridized carbons (Fsp3) is 0.417. The molecule has 36 heavy (non-hydrogen) atoms. The number of amides is 2. The van der Waals surface area contributed by atoms with Crippen molar-refractivity contribution in [1.29, 1.82) is 0 Å². The lowest BCUT2D eigenvalue weighted by Gasteiger charge is -2.33. The number of rotatable bonds is 12. The zero-order valence-corrected chi connectivity index (χ0v) is 23.3. The van der Waals surface area contributed by atoms with Gasteiger partial charge in [0, 0.05) is 13.1 Å². The van der Waals surface area contributed by atoms with Crippen molar-refractivity contribution in [2.24, 2.45) is 0 Å². The minimum absolute atomic E-state index is 0.0166. The van der Waals surface area contributed by atoms with Gasteiger partial charge in [-0.2, -0.15) is 0 Å². The predicted molar refractivity (Wildman–Crippen MR) is 143 cm³/mol. The summed E-state index contributed by atoms with van der Waals surface area (Å²) in [4.78, 5) is 27.9. The van der Waals surface area contributed by atoms with Gasteiger partial charge in [-0.15, -0.1) is 0 Å². The SMILES string of the molecule is CCCCNC(=O)[C@H](CC)N(Cc1ccc(F)cc1)C(=O)CN(c1cc(Cl)c(Cl)cc1Cl)S(C)(=O)=O. The summed E-state index contributed by atoms with van der Waals surface area (Å²) in [6.45, 7) is 3.50. The number of benzene rings is 2. The topological polar surface area (TPSA) is 86.8 Å². The Morgan fingerprint density at radius 2 is 1.64 bits per heavy atom. The summed E-state index contributed by atoms with van der Waals surface area (Å²) >= 11 is 18.3. The number of unbranched alkanes of at least 4 members (excludes halogenated alkanes) is 1. The predicted octanol–water partition coefficient (Wildman–Crippen LogP) is 5.28. The molecule has 0 radical (unpaired) electrons. The van der Waals surface area contributed by atoms with Crippen LogP contribution in [0, 0.1) is 5.82 Å². The lowest BCUT2D eigenvalue weighted by molar-refractivity contribution is -0.140. The number of carbonyl (C=O) groups excluding carboxylic acids is 2. The maximum absolute atomic E-state index is 13.6. The van der Waals surface area contributed by atoms with E-state index < -0.39 is 34.3 Å². The highest BCUT2D eigenvalue weighted by Gasteiger charge is 2.32. The molecule has 0 aliphatic rings. The Kier molecular flexibility index (Phi) is 11.3. The molecule has 0 aliphatic carbocycles. The maximum atomic E-state index is 13.6. The highest BCUT2D eigenvalue weighted by molar-refractivity contribution is 7.92. The minimum Gasteiger partial charge on any atom is -0.354 e. The van der Waals surface area contributed by atoms with Gasteiger partial charge in [-0.3, -0.25) is 13.9 Å². The van der Waals surface area contributed by atoms with Crippen LogP contribution < -0.4 is 9.62 Å². The molecule has 7 nitrogen and oxygen atoms in total. The quantitative estimate of drug-likeness (QED) is 0.274. The summed E-state index contributed by atoms with van der Waals surface area (Å²) < 4.78 is 39.6. The second kappa shape index (κ2) is 13.5. The average molecular weight is 581 g/mol. The third-order valence-corrected chi connectivity index (χ3v) is 7.57. The smallest absolute Gasteiger partial charge is 0.244 e. The molecule has 0 saturated heterocycles. The molecule has 0 heterocycles. The van der Waals surface area contributed by atoms with E-state index in [1.54, 1.807) is 6.92 Å². The first-order chi connectivity index (χ1) is 16.9. The molecule has 2 aromatic carbocycles. The summed E-state index contributed by atoms with van der Waals surface area (Å²) in [6, 6.07) is 7.17. The molecule has 0 spiro atoms. The Labute approximate surface area is 226 Å². The zero-order chi connectivity index (χ0) is 27.0. The Balaban J connectivity index is 2.46. The Morgan fingerprint density at radius 1 is 1.03 bits per heavy atom. The number of anilines is 1. The van der Waals surface area contributed by atoms with Crippen LogP contribution in [0.1, 0.15) is 38.7 Å². The lowest BCUT2D eigenvalue weighted by Crippen LogP contribution is -2.52. The normalized spacial score (nSPS) is 12.2. The number of hydrogen-bond acceptors (Lipinski definition) is 4. The molecule has 198 valence electrons. The molecule has 2 aromatic rings. The van der Waals surface area contributed by atoms with Gasteiger partial charge in [-0.25, -0.2) is 12.8 Å². The molecule has 2 amide bonds. The van der Waals surface area contributed by atoms with Crippen molar-refractivity contribution in [3.8, 4) is 0 Å². The van der Waals surface area contributed by atoms with Crippen molar-refractivity contribution in [3.05, 3.63) is 62.8 Å². The van der Waals surface area contributed by atoms with Crippen LogP contribution in [0.2, 0.25) is 15.1 Å². The third kappa shape index (κ3) is 8.23. The highest BCUT2D eigenvalue weighted by atomic mass is 35.5. The van der Waals surface area contributed by atoms with Gasteiger partial charge < -0.3 is 10.2 Å². The van der Waals surface area contributed by atoms with Crippen molar-refractivity contribution in [2.75, 3.05) is 23.7 Å². The number of hydrogen-bond donors (Lipinski definition) is 1. The molecule has 12 heteroatoms. The molecule has 0 unspecified atom stereocenters. The first-order valence-electron chi connectivity index (χ1n) is 11.3. The number of carbonyl (C=O) groups is 2. The summed E-state index contributed by atoms with van der Waals surface area (Å²) in [7, 11) is -4.00. The number of nitrogens with one attached hydrogen (secondary N) is 1. The van der Waals surface area contributed by atoms with Gasteiger partial charge in [0.25, 0.3) is 0 Å². The second-order valence-corrected chi connectivity index (χ2v) is 11.3. The fourth-order valence-corrected chi connectivity index (χ4v) is 5.06. The van der Waals surface area contributed by atoms with Gasteiger partial charge in [0.1, 0.15) is 18.4 Å². The summed E-state index contributed by atoms with van der Waals surface area (Å²) in [5.41, 5.74) is 0.548. The van der Waals surface area contributed by atoms with E-state index in [9.17, 15) is 22.4 Å². The number of sulfonamides is 1. The van der Waals surface area contributed by atoms with Crippen LogP contribution in [0.3, 0.4) is 0 Å². The monoisotopic (exact) mass is 579 g/mol. The van der Waals surface area contributed by atoms with Crippen LogP contribution in [-0.4, -0.2) is 50.5 Å². The van der Waals surface area contributed by atoms with E-state index in [4.69, 9.17) is 34.8 Å². The first kappa shape index (κ1) is 30.2. The van der Waals surface area contributed by atoms with Crippen molar-refractivity contribution < 1.29 is 22.4 Å². The lowest BCUT2D eigenvalue weighted by atomic mass is 10.1. The van der Waals surface area contributed by atoms with Gasteiger partial charge in [0.05, 0.1) is 27.0 Å². The molecule has 0 bridgehead atoms. The summed E-state index contributed by atoms with van der Waals surface area (Å²) in [5.74, 6) is -1.46. The Bertz CT molecular complexity index is 1180. The largest absolute Gasteiger partial charge is 0.354 e. The summed E-state index contributed by atoms with van der Waals surface area (Å²) in [5, 5.41) is 2.99. The Hall–Kier alpha value is -2.07. The first-order valence-corrected chi connectivity index (χ1v) is 14.3. The van der Waals surface area contributed by atoms with Crippen LogP contribution in [-0.2, 0) is 26.2 Å². The van der Waals surface area contributed by atoms with Crippen molar-refractivity contribution in [1.82, 2.24) is 10.2 Å². The van der Waals surface area contributed by atoms with Crippen LogP contribution in [0.15, 0.2) is 36.4 Å². The van der Waals surface area contributed by atoms with Crippen molar-refractivity contribution in [3.63, 3.8) is 0 Å².